The first kappa shape index (κ1) is 19.6. The molecule has 5 rings (SSSR count). The minimum atomic E-state index is -4.40. The van der Waals surface area contributed by atoms with Crippen LogP contribution in [-0.4, -0.2) is 26.4 Å². The molecule has 3 heterocycles. The minimum Gasteiger partial charge on any atom is -0.361 e. The maximum Gasteiger partial charge on any atom is 0.416 e. The Balaban J connectivity index is 1.40. The highest BCUT2D eigenvalue weighted by atomic mass is 19.4. The number of rotatable bonds is 3. The molecule has 0 unspecified atom stereocenters. The summed E-state index contributed by atoms with van der Waals surface area (Å²) in [5.74, 6) is 0.284. The van der Waals surface area contributed by atoms with Crippen LogP contribution in [0.4, 0.5) is 13.2 Å². The second kappa shape index (κ2) is 7.39. The number of hydrogen-bond acceptors (Lipinski definition) is 3. The Morgan fingerprint density at radius 2 is 1.87 bits per heavy atom. The number of nitrogens with zero attached hydrogens (tertiary/aromatic N) is 2. The summed E-state index contributed by atoms with van der Waals surface area (Å²) in [6, 6.07) is 13.0. The molecule has 0 saturated carbocycles. The van der Waals surface area contributed by atoms with Crippen LogP contribution in [0.3, 0.4) is 0 Å². The molecule has 1 aliphatic heterocycles. The molecule has 4 aromatic rings. The lowest BCUT2D eigenvalue weighted by molar-refractivity contribution is -0.137. The van der Waals surface area contributed by atoms with Crippen molar-refractivity contribution < 1.29 is 13.2 Å². The molecule has 0 amide bonds. The third kappa shape index (κ3) is 3.86. The molecular formula is C23H19F3N4O. The lowest BCUT2D eigenvalue weighted by Crippen LogP contribution is -2.35. The molecule has 2 aromatic heterocycles. The topological polar surface area (TPSA) is 64.8 Å². The molecule has 0 aliphatic carbocycles. The van der Waals surface area contributed by atoms with Gasteiger partial charge in [-0.15, -0.1) is 0 Å². The van der Waals surface area contributed by atoms with Crippen molar-refractivity contribution in [2.45, 2.75) is 25.7 Å². The van der Waals surface area contributed by atoms with Crippen LogP contribution in [-0.2, 0) is 25.7 Å². The van der Waals surface area contributed by atoms with E-state index in [1.807, 2.05) is 12.3 Å². The van der Waals surface area contributed by atoms with Crippen molar-refractivity contribution in [2.24, 2.45) is 0 Å². The molecule has 158 valence electrons. The smallest absolute Gasteiger partial charge is 0.361 e. The predicted octanol–water partition coefficient (Wildman–Crippen LogP) is 4.50. The van der Waals surface area contributed by atoms with Crippen LogP contribution in [0.25, 0.3) is 22.3 Å². The van der Waals surface area contributed by atoms with Gasteiger partial charge in [-0.3, -0.25) is 9.69 Å². The number of halogens is 3. The fraction of sp³-hybridized carbons (Fsp3) is 0.217. The number of benzene rings is 2. The summed E-state index contributed by atoms with van der Waals surface area (Å²) in [6.07, 6.45) is -1.92. The van der Waals surface area contributed by atoms with Crippen molar-refractivity contribution in [1.29, 1.82) is 0 Å². The van der Waals surface area contributed by atoms with Crippen molar-refractivity contribution in [2.75, 3.05) is 6.54 Å². The second-order valence-electron chi connectivity index (χ2n) is 7.77. The first-order chi connectivity index (χ1) is 14.9. The summed E-state index contributed by atoms with van der Waals surface area (Å²) in [6.45, 7) is 1.97. The molecule has 0 bridgehead atoms. The highest BCUT2D eigenvalue weighted by Gasteiger charge is 2.30. The van der Waals surface area contributed by atoms with Gasteiger partial charge in [-0.25, -0.2) is 4.98 Å². The fourth-order valence-corrected chi connectivity index (χ4v) is 4.03. The zero-order valence-corrected chi connectivity index (χ0v) is 16.5. The van der Waals surface area contributed by atoms with E-state index in [-0.39, 0.29) is 11.4 Å². The van der Waals surface area contributed by atoms with Crippen molar-refractivity contribution in [3.8, 4) is 11.4 Å². The molecule has 0 fully saturated rings. The van der Waals surface area contributed by atoms with Crippen molar-refractivity contribution in [3.63, 3.8) is 0 Å². The third-order valence-electron chi connectivity index (χ3n) is 5.66. The Bertz CT molecular complexity index is 1310. The maximum absolute atomic E-state index is 12.8. The van der Waals surface area contributed by atoms with E-state index in [1.54, 1.807) is 0 Å². The standard InChI is InChI=1S/C23H19F3N4O/c24-23(25,26)17-5-3-16(4-6-17)21-28-20-13-30(10-8-18(20)22(31)29-21)12-14-1-2-15-7-9-27-19(15)11-14/h1-7,9,11,27H,8,10,12-13H2,(H,28,29,31). The molecule has 1 aliphatic rings. The molecule has 31 heavy (non-hydrogen) atoms. The maximum atomic E-state index is 12.8. The average molecular weight is 424 g/mol. The summed E-state index contributed by atoms with van der Waals surface area (Å²) in [7, 11) is 0. The van der Waals surface area contributed by atoms with Crippen LogP contribution in [0, 0.1) is 0 Å². The number of alkyl halides is 3. The minimum absolute atomic E-state index is 0.229. The normalized spacial score (nSPS) is 14.7. The van der Waals surface area contributed by atoms with E-state index in [9.17, 15) is 18.0 Å². The lowest BCUT2D eigenvalue weighted by atomic mass is 10.0. The van der Waals surface area contributed by atoms with E-state index in [2.05, 4.69) is 38.1 Å². The van der Waals surface area contributed by atoms with Gasteiger partial charge in [-0.2, -0.15) is 13.2 Å². The van der Waals surface area contributed by atoms with Gasteiger partial charge in [0.1, 0.15) is 5.82 Å². The molecule has 5 nitrogen and oxygen atoms in total. The quantitative estimate of drug-likeness (QED) is 0.509. The second-order valence-corrected chi connectivity index (χ2v) is 7.77. The van der Waals surface area contributed by atoms with Crippen LogP contribution < -0.4 is 5.56 Å². The van der Waals surface area contributed by atoms with Gasteiger partial charge in [0.25, 0.3) is 5.56 Å². The van der Waals surface area contributed by atoms with Gasteiger partial charge in [-0.05, 0) is 41.6 Å². The van der Waals surface area contributed by atoms with Crippen molar-refractivity contribution >= 4 is 10.9 Å². The summed E-state index contributed by atoms with van der Waals surface area (Å²) in [4.78, 5) is 25.3. The van der Waals surface area contributed by atoms with E-state index in [0.29, 0.717) is 29.8 Å². The van der Waals surface area contributed by atoms with Crippen LogP contribution in [0.1, 0.15) is 22.4 Å². The summed E-state index contributed by atoms with van der Waals surface area (Å²) < 4.78 is 38.5. The van der Waals surface area contributed by atoms with Gasteiger partial charge in [0.2, 0.25) is 0 Å². The van der Waals surface area contributed by atoms with Crippen LogP contribution >= 0.6 is 0 Å². The first-order valence-corrected chi connectivity index (χ1v) is 9.95. The van der Waals surface area contributed by atoms with Crippen LogP contribution in [0.5, 0.6) is 0 Å². The number of fused-ring (bicyclic) bond motifs is 2. The molecule has 0 saturated heterocycles. The molecular weight excluding hydrogens is 405 g/mol. The average Bonchev–Trinajstić information content (AvgIpc) is 3.21. The Hall–Kier alpha value is -3.39. The van der Waals surface area contributed by atoms with Gasteiger partial charge in [0.05, 0.1) is 11.3 Å². The van der Waals surface area contributed by atoms with E-state index >= 15 is 0 Å². The van der Waals surface area contributed by atoms with E-state index in [1.165, 1.54) is 12.1 Å². The number of H-pyrrole nitrogens is 2. The Morgan fingerprint density at radius 1 is 1.06 bits per heavy atom. The molecule has 0 atom stereocenters. The molecule has 0 spiro atoms. The molecule has 8 heteroatoms. The van der Waals surface area contributed by atoms with Crippen LogP contribution in [0.15, 0.2) is 59.5 Å². The highest BCUT2D eigenvalue weighted by molar-refractivity contribution is 5.79. The SMILES string of the molecule is O=c1[nH]c(-c2ccc(C(F)(F)F)cc2)nc2c1CCN(Cc1ccc3cc[nH]c3c1)C2. The van der Waals surface area contributed by atoms with Crippen LogP contribution in [0.2, 0.25) is 0 Å². The third-order valence-corrected chi connectivity index (χ3v) is 5.66. The van der Waals surface area contributed by atoms with E-state index in [4.69, 9.17) is 0 Å². The number of nitrogens with one attached hydrogen (secondary N) is 2. The Morgan fingerprint density at radius 3 is 2.65 bits per heavy atom. The molecule has 0 radical (unpaired) electrons. The van der Waals surface area contributed by atoms with E-state index in [0.717, 1.165) is 41.7 Å². The van der Waals surface area contributed by atoms with Gasteiger partial charge in [-0.1, -0.05) is 24.3 Å². The summed E-state index contributed by atoms with van der Waals surface area (Å²) in [5, 5.41) is 1.15. The monoisotopic (exact) mass is 424 g/mol. The lowest BCUT2D eigenvalue weighted by Gasteiger charge is -2.27. The summed E-state index contributed by atoms with van der Waals surface area (Å²) >= 11 is 0. The number of aromatic nitrogens is 3. The van der Waals surface area contributed by atoms with E-state index < -0.39 is 11.7 Å². The van der Waals surface area contributed by atoms with Crippen molar-refractivity contribution in [3.05, 3.63) is 87.5 Å². The zero-order valence-electron chi connectivity index (χ0n) is 16.5. The van der Waals surface area contributed by atoms with Gasteiger partial charge >= 0.3 is 6.18 Å². The van der Waals surface area contributed by atoms with Gasteiger partial charge < -0.3 is 9.97 Å². The number of hydrogen-bond donors (Lipinski definition) is 2. The van der Waals surface area contributed by atoms with Gasteiger partial charge in [0.15, 0.2) is 0 Å². The Kier molecular flexibility index (Phi) is 4.66. The zero-order chi connectivity index (χ0) is 21.6. The molecule has 2 aromatic carbocycles. The highest BCUT2D eigenvalue weighted by Crippen LogP contribution is 2.30. The summed E-state index contributed by atoms with van der Waals surface area (Å²) in [5.41, 5.74) is 3.04. The largest absolute Gasteiger partial charge is 0.416 e. The number of aromatic amines is 2. The van der Waals surface area contributed by atoms with Crippen molar-refractivity contribution in [1.82, 2.24) is 19.9 Å². The Labute approximate surface area is 175 Å². The predicted molar refractivity (Wildman–Crippen MR) is 111 cm³/mol. The van der Waals surface area contributed by atoms with Gasteiger partial charge in [0, 0.05) is 42.5 Å². The fourth-order valence-electron chi connectivity index (χ4n) is 4.03. The molecule has 2 N–H and O–H groups in total. The first-order valence-electron chi connectivity index (χ1n) is 9.95.